The molecule has 0 aliphatic rings. The van der Waals surface area contributed by atoms with Crippen molar-refractivity contribution in [3.63, 3.8) is 0 Å². The molecule has 2 heterocycles. The zero-order valence-corrected chi connectivity index (χ0v) is 18.0. The Hall–Kier alpha value is -3.51. The first-order chi connectivity index (χ1) is 14.6. The van der Waals surface area contributed by atoms with Crippen LogP contribution in [0.25, 0.3) is 28.0 Å². The lowest BCUT2D eigenvalue weighted by Crippen LogP contribution is -1.93. The first-order valence-electron chi connectivity index (χ1n) is 9.67. The molecule has 0 saturated heterocycles. The molecule has 0 saturated carbocycles. The molecule has 6 heteroatoms. The summed E-state index contributed by atoms with van der Waals surface area (Å²) in [5, 5.41) is 6.27. The molecule has 30 heavy (non-hydrogen) atoms. The Morgan fingerprint density at radius 2 is 2.00 bits per heavy atom. The smallest absolute Gasteiger partial charge is 0.187 e. The number of hydrogen-bond donors (Lipinski definition) is 2. The number of aliphatic imine (C=N–C) groups is 1. The highest BCUT2D eigenvalue weighted by Crippen LogP contribution is 2.30. The molecule has 0 fully saturated rings. The Balaban J connectivity index is 1.65. The van der Waals surface area contributed by atoms with Crippen LogP contribution in [0.4, 0.5) is 10.8 Å². The normalized spacial score (nSPS) is 12.0. The number of allylic oxidation sites excluding steroid dienone is 3. The van der Waals surface area contributed by atoms with Crippen molar-refractivity contribution in [3.8, 4) is 11.4 Å². The van der Waals surface area contributed by atoms with Gasteiger partial charge in [-0.1, -0.05) is 36.4 Å². The lowest BCUT2D eigenvalue weighted by atomic mass is 10.1. The quantitative estimate of drug-likeness (QED) is 0.274. The first kappa shape index (κ1) is 19.8. The van der Waals surface area contributed by atoms with Crippen LogP contribution in [0.3, 0.4) is 0 Å². The number of hydrogen-bond acceptors (Lipinski definition) is 5. The average Bonchev–Trinajstić information content (AvgIpc) is 3.35. The third-order valence-corrected chi connectivity index (χ3v) is 5.60. The average molecular weight is 414 g/mol. The summed E-state index contributed by atoms with van der Waals surface area (Å²) in [5.74, 6) is 0.884. The molecule has 0 atom stereocenters. The fourth-order valence-corrected chi connectivity index (χ4v) is 4.05. The van der Waals surface area contributed by atoms with E-state index in [1.165, 1.54) is 5.56 Å². The van der Waals surface area contributed by atoms with Crippen molar-refractivity contribution in [1.82, 2.24) is 15.0 Å². The molecule has 0 bridgehead atoms. The lowest BCUT2D eigenvalue weighted by molar-refractivity contribution is 1.31. The maximum Gasteiger partial charge on any atom is 0.187 e. The fraction of sp³-hybridized carbons (Fsp3) is 0.125. The number of H-pyrrole nitrogens is 1. The summed E-state index contributed by atoms with van der Waals surface area (Å²) in [6.07, 6.45) is 5.65. The van der Waals surface area contributed by atoms with E-state index in [1.807, 2.05) is 36.6 Å². The zero-order chi connectivity index (χ0) is 21.1. The number of thiazole rings is 1. The summed E-state index contributed by atoms with van der Waals surface area (Å²) in [6.45, 7) is 9.69. The maximum atomic E-state index is 4.82. The zero-order valence-electron chi connectivity index (χ0n) is 17.2. The second kappa shape index (κ2) is 8.47. The molecule has 0 amide bonds. The van der Waals surface area contributed by atoms with Crippen molar-refractivity contribution < 1.29 is 0 Å². The highest BCUT2D eigenvalue weighted by molar-refractivity contribution is 7.13. The molecule has 150 valence electrons. The number of nitrogens with zero attached hydrogens (tertiary/aromatic N) is 3. The predicted molar refractivity (Wildman–Crippen MR) is 129 cm³/mol. The lowest BCUT2D eigenvalue weighted by Gasteiger charge is -2.06. The van der Waals surface area contributed by atoms with E-state index >= 15 is 0 Å². The van der Waals surface area contributed by atoms with Gasteiger partial charge in [-0.3, -0.25) is 4.99 Å². The van der Waals surface area contributed by atoms with Crippen LogP contribution in [0.2, 0.25) is 0 Å². The second-order valence-electron chi connectivity index (χ2n) is 7.01. The minimum Gasteiger partial charge on any atom is -0.338 e. The van der Waals surface area contributed by atoms with Gasteiger partial charge in [0.05, 0.1) is 16.7 Å². The maximum absolute atomic E-state index is 4.82. The summed E-state index contributed by atoms with van der Waals surface area (Å²) < 4.78 is 0. The van der Waals surface area contributed by atoms with Gasteiger partial charge in [0.1, 0.15) is 5.82 Å². The van der Waals surface area contributed by atoms with Crippen LogP contribution < -0.4 is 5.32 Å². The van der Waals surface area contributed by atoms with Crippen LogP contribution in [0.15, 0.2) is 65.1 Å². The molecule has 0 radical (unpaired) electrons. The van der Waals surface area contributed by atoms with Crippen LogP contribution in [0.1, 0.15) is 23.7 Å². The molecular formula is C24H23N5S. The summed E-state index contributed by atoms with van der Waals surface area (Å²) in [6, 6.07) is 12.4. The minimum atomic E-state index is 0.821. The van der Waals surface area contributed by atoms with E-state index in [-0.39, 0.29) is 0 Å². The topological polar surface area (TPSA) is 66.0 Å². The van der Waals surface area contributed by atoms with Crippen molar-refractivity contribution in [2.24, 2.45) is 4.99 Å². The highest BCUT2D eigenvalue weighted by Gasteiger charge is 2.11. The van der Waals surface area contributed by atoms with Gasteiger partial charge in [-0.05, 0) is 50.7 Å². The number of nitrogens with one attached hydrogen (secondary N) is 2. The van der Waals surface area contributed by atoms with Gasteiger partial charge in [0, 0.05) is 28.4 Å². The van der Waals surface area contributed by atoms with E-state index in [1.54, 1.807) is 17.5 Å². The number of benzene rings is 2. The van der Waals surface area contributed by atoms with Crippen LogP contribution in [-0.4, -0.2) is 21.7 Å². The molecule has 2 N–H and O–H groups in total. The second-order valence-corrected chi connectivity index (χ2v) is 7.87. The molecule has 0 spiro atoms. The van der Waals surface area contributed by atoms with Crippen molar-refractivity contribution in [2.45, 2.75) is 20.8 Å². The highest BCUT2D eigenvalue weighted by atomic mass is 32.1. The molecule has 2 aromatic heterocycles. The molecule has 0 aliphatic carbocycles. The number of rotatable bonds is 6. The summed E-state index contributed by atoms with van der Waals surface area (Å²) in [7, 11) is 0. The van der Waals surface area contributed by atoms with Gasteiger partial charge in [0.25, 0.3) is 0 Å². The molecule has 4 rings (SSSR count). The largest absolute Gasteiger partial charge is 0.338 e. The SMILES string of the molecule is C=N/C=C(\C=C/C)c1csc(Nc2cc3nc(-c4ccccc4C)[nH]c3cc2C)n1. The fourth-order valence-electron chi connectivity index (χ4n) is 3.32. The van der Waals surface area contributed by atoms with Gasteiger partial charge in [0.15, 0.2) is 5.13 Å². The van der Waals surface area contributed by atoms with Crippen molar-refractivity contribution >= 4 is 45.5 Å². The summed E-state index contributed by atoms with van der Waals surface area (Å²) in [5.41, 5.74) is 8.16. The van der Waals surface area contributed by atoms with Crippen LogP contribution >= 0.6 is 11.3 Å². The minimum absolute atomic E-state index is 0.821. The van der Waals surface area contributed by atoms with E-state index in [0.717, 1.165) is 50.1 Å². The monoisotopic (exact) mass is 413 g/mol. The van der Waals surface area contributed by atoms with Gasteiger partial charge >= 0.3 is 0 Å². The Labute approximate surface area is 180 Å². The number of imidazole rings is 1. The van der Waals surface area contributed by atoms with Crippen LogP contribution in [0, 0.1) is 13.8 Å². The standard InChI is InChI=1S/C24H23N5S/c1-5-8-17(13-25-4)22-14-30-24(29-22)28-19-12-21-20(11-16(19)3)26-23(27-21)18-10-7-6-9-15(18)2/h5-14H,4H2,1-3H3,(H,26,27)(H,28,29)/b8-5-,17-13+. The molecule has 2 aromatic carbocycles. The Bertz CT molecular complexity index is 1280. The van der Waals surface area contributed by atoms with Crippen LogP contribution in [-0.2, 0) is 0 Å². The Morgan fingerprint density at radius 1 is 1.17 bits per heavy atom. The van der Waals surface area contributed by atoms with Crippen molar-refractivity contribution in [3.05, 3.63) is 77.0 Å². The predicted octanol–water partition coefficient (Wildman–Crippen LogP) is 6.66. The first-order valence-corrected chi connectivity index (χ1v) is 10.5. The van der Waals surface area contributed by atoms with Gasteiger partial charge in [-0.15, -0.1) is 11.3 Å². The van der Waals surface area contributed by atoms with E-state index in [9.17, 15) is 0 Å². The molecule has 4 aromatic rings. The number of fused-ring (bicyclic) bond motifs is 1. The summed E-state index contributed by atoms with van der Waals surface area (Å²) >= 11 is 1.56. The van der Waals surface area contributed by atoms with E-state index in [0.29, 0.717) is 0 Å². The number of aryl methyl sites for hydroxylation is 2. The molecular weight excluding hydrogens is 390 g/mol. The number of aromatic nitrogens is 3. The van der Waals surface area contributed by atoms with Gasteiger partial charge < -0.3 is 10.3 Å². The Morgan fingerprint density at radius 3 is 2.77 bits per heavy atom. The van der Waals surface area contributed by atoms with E-state index in [2.05, 4.69) is 60.1 Å². The van der Waals surface area contributed by atoms with Gasteiger partial charge in [0.2, 0.25) is 0 Å². The van der Waals surface area contributed by atoms with Gasteiger partial charge in [-0.2, -0.15) is 0 Å². The number of aromatic amines is 1. The Kier molecular flexibility index (Phi) is 5.59. The molecule has 5 nitrogen and oxygen atoms in total. The van der Waals surface area contributed by atoms with Gasteiger partial charge in [-0.25, -0.2) is 9.97 Å². The van der Waals surface area contributed by atoms with E-state index < -0.39 is 0 Å². The molecule has 0 aliphatic heterocycles. The van der Waals surface area contributed by atoms with Crippen molar-refractivity contribution in [2.75, 3.05) is 5.32 Å². The van der Waals surface area contributed by atoms with Crippen LogP contribution in [0.5, 0.6) is 0 Å². The third kappa shape index (κ3) is 3.95. The van der Waals surface area contributed by atoms with Crippen molar-refractivity contribution in [1.29, 1.82) is 0 Å². The summed E-state index contributed by atoms with van der Waals surface area (Å²) in [4.78, 5) is 16.8. The van der Waals surface area contributed by atoms with E-state index in [4.69, 9.17) is 9.97 Å². The number of anilines is 2. The third-order valence-electron chi connectivity index (χ3n) is 4.85. The molecule has 0 unspecified atom stereocenters.